The summed E-state index contributed by atoms with van der Waals surface area (Å²) in [5.74, 6) is 1.88. The number of carbonyl (C=O) groups is 1. The number of aromatic nitrogens is 3. The fourth-order valence-electron chi connectivity index (χ4n) is 3.80. The molecule has 2 heterocycles. The van der Waals surface area contributed by atoms with Crippen molar-refractivity contribution in [1.29, 1.82) is 0 Å². The number of methoxy groups -OCH3 is 2. The van der Waals surface area contributed by atoms with E-state index in [1.165, 1.54) is 18.2 Å². The Morgan fingerprint density at radius 1 is 1.03 bits per heavy atom. The fourth-order valence-corrected chi connectivity index (χ4v) is 4.66. The van der Waals surface area contributed by atoms with Gasteiger partial charge < -0.3 is 19.7 Å². The van der Waals surface area contributed by atoms with Crippen LogP contribution >= 0.6 is 11.8 Å². The highest BCUT2D eigenvalue weighted by atomic mass is 32.2. The number of hydrogen-bond donors (Lipinski definition) is 1. The van der Waals surface area contributed by atoms with Gasteiger partial charge in [-0.1, -0.05) is 30.0 Å². The predicted octanol–water partition coefficient (Wildman–Crippen LogP) is 4.39. The van der Waals surface area contributed by atoms with Crippen LogP contribution in [-0.4, -0.2) is 53.2 Å². The Labute approximate surface area is 198 Å². The Morgan fingerprint density at radius 3 is 2.48 bits per heavy atom. The van der Waals surface area contributed by atoms with Crippen molar-refractivity contribution in [1.82, 2.24) is 14.8 Å². The molecule has 1 N–H and O–H groups in total. The highest BCUT2D eigenvalue weighted by Gasteiger charge is 2.25. The van der Waals surface area contributed by atoms with Crippen LogP contribution in [0.1, 0.15) is 26.2 Å². The summed E-state index contributed by atoms with van der Waals surface area (Å²) in [7, 11) is 3.16. The van der Waals surface area contributed by atoms with Crippen LogP contribution in [0.3, 0.4) is 0 Å². The minimum absolute atomic E-state index is 0.159. The zero-order valence-corrected chi connectivity index (χ0v) is 20.0. The molecular formula is C24H29N5O3S. The van der Waals surface area contributed by atoms with E-state index in [-0.39, 0.29) is 5.91 Å². The Bertz CT molecular complexity index is 1080. The van der Waals surface area contributed by atoms with Gasteiger partial charge >= 0.3 is 0 Å². The van der Waals surface area contributed by atoms with Crippen LogP contribution in [0.15, 0.2) is 53.7 Å². The maximum absolute atomic E-state index is 13.0. The molecule has 0 bridgehead atoms. The largest absolute Gasteiger partial charge is 0.497 e. The van der Waals surface area contributed by atoms with E-state index in [2.05, 4.69) is 20.4 Å². The molecule has 0 saturated carbocycles. The minimum atomic E-state index is -0.415. The third-order valence-electron chi connectivity index (χ3n) is 5.59. The highest BCUT2D eigenvalue weighted by Crippen LogP contribution is 2.33. The van der Waals surface area contributed by atoms with Crippen LogP contribution in [0.5, 0.6) is 11.5 Å². The number of ether oxygens (including phenoxy) is 2. The Kier molecular flexibility index (Phi) is 7.39. The molecule has 0 aliphatic carbocycles. The molecule has 0 radical (unpaired) electrons. The molecule has 1 aromatic heterocycles. The van der Waals surface area contributed by atoms with Crippen LogP contribution in [0, 0.1) is 0 Å². The quantitative estimate of drug-likeness (QED) is 0.492. The standard InChI is InChI=1S/C24H29N5O3S/c1-17(22(30)25-20-16-19(31-2)12-13-21(20)32-3)33-24-27-26-23(28-14-8-5-9-15-28)29(24)18-10-6-4-7-11-18/h4,6-7,10-13,16-17H,5,8-9,14-15H2,1-3H3,(H,25,30). The van der Waals surface area contributed by atoms with E-state index in [4.69, 9.17) is 9.47 Å². The maximum atomic E-state index is 13.0. The van der Waals surface area contributed by atoms with Crippen molar-refractivity contribution < 1.29 is 14.3 Å². The number of rotatable bonds is 8. The van der Waals surface area contributed by atoms with Gasteiger partial charge in [0.1, 0.15) is 11.5 Å². The van der Waals surface area contributed by atoms with Gasteiger partial charge in [-0.15, -0.1) is 10.2 Å². The topological polar surface area (TPSA) is 81.5 Å². The maximum Gasteiger partial charge on any atom is 0.237 e. The molecule has 1 fully saturated rings. The van der Waals surface area contributed by atoms with Gasteiger partial charge in [0, 0.05) is 19.2 Å². The number of para-hydroxylation sites is 1. The number of carbonyl (C=O) groups excluding carboxylic acids is 1. The lowest BCUT2D eigenvalue weighted by Crippen LogP contribution is -2.31. The smallest absolute Gasteiger partial charge is 0.237 e. The van der Waals surface area contributed by atoms with E-state index >= 15 is 0 Å². The third-order valence-corrected chi connectivity index (χ3v) is 6.63. The predicted molar refractivity (Wildman–Crippen MR) is 131 cm³/mol. The van der Waals surface area contributed by atoms with E-state index in [0.29, 0.717) is 22.3 Å². The van der Waals surface area contributed by atoms with Crippen molar-refractivity contribution in [3.8, 4) is 17.2 Å². The lowest BCUT2D eigenvalue weighted by Gasteiger charge is -2.28. The summed E-state index contributed by atoms with van der Waals surface area (Å²) in [6.45, 7) is 3.78. The van der Waals surface area contributed by atoms with Gasteiger partial charge in [0.2, 0.25) is 11.9 Å². The molecule has 1 aliphatic rings. The fraction of sp³-hybridized carbons (Fsp3) is 0.375. The van der Waals surface area contributed by atoms with Crippen LogP contribution in [-0.2, 0) is 4.79 Å². The molecular weight excluding hydrogens is 438 g/mol. The zero-order chi connectivity index (χ0) is 23.2. The van der Waals surface area contributed by atoms with Gasteiger partial charge in [-0.05, 0) is 50.5 Å². The first kappa shape index (κ1) is 23.0. The summed E-state index contributed by atoms with van der Waals surface area (Å²) in [6.07, 6.45) is 3.53. The molecule has 33 heavy (non-hydrogen) atoms. The summed E-state index contributed by atoms with van der Waals surface area (Å²) in [5.41, 5.74) is 1.54. The summed E-state index contributed by atoms with van der Waals surface area (Å²) < 4.78 is 12.7. The molecule has 1 unspecified atom stereocenters. The molecule has 1 aliphatic heterocycles. The minimum Gasteiger partial charge on any atom is -0.497 e. The number of nitrogens with zero attached hydrogens (tertiary/aromatic N) is 4. The van der Waals surface area contributed by atoms with Gasteiger partial charge in [-0.2, -0.15) is 0 Å². The second-order valence-corrected chi connectivity index (χ2v) is 9.12. The summed E-state index contributed by atoms with van der Waals surface area (Å²) >= 11 is 1.38. The molecule has 9 heteroatoms. The molecule has 0 spiro atoms. The molecule has 174 valence electrons. The monoisotopic (exact) mass is 467 g/mol. The third kappa shape index (κ3) is 5.24. The summed E-state index contributed by atoms with van der Waals surface area (Å²) in [6, 6.07) is 15.3. The number of nitrogens with one attached hydrogen (secondary N) is 1. The Balaban J connectivity index is 1.57. The van der Waals surface area contributed by atoms with Crippen molar-refractivity contribution in [2.75, 3.05) is 37.5 Å². The van der Waals surface area contributed by atoms with E-state index in [9.17, 15) is 4.79 Å². The van der Waals surface area contributed by atoms with Crippen molar-refractivity contribution in [3.05, 3.63) is 48.5 Å². The van der Waals surface area contributed by atoms with Crippen LogP contribution in [0.25, 0.3) is 5.69 Å². The van der Waals surface area contributed by atoms with Crippen LogP contribution in [0.4, 0.5) is 11.6 Å². The Hall–Kier alpha value is -3.20. The van der Waals surface area contributed by atoms with Gasteiger partial charge in [0.25, 0.3) is 0 Å². The van der Waals surface area contributed by atoms with Crippen molar-refractivity contribution >= 4 is 29.3 Å². The first-order chi connectivity index (χ1) is 16.1. The van der Waals surface area contributed by atoms with Gasteiger partial charge in [-0.3, -0.25) is 9.36 Å². The average Bonchev–Trinajstić information content (AvgIpc) is 3.28. The van der Waals surface area contributed by atoms with Gasteiger partial charge in [-0.25, -0.2) is 0 Å². The SMILES string of the molecule is COc1ccc(OC)c(NC(=O)C(C)Sc2nnc(N3CCCCC3)n2-c2ccccc2)c1. The van der Waals surface area contributed by atoms with E-state index in [1.807, 2.05) is 41.8 Å². The molecule has 3 aromatic rings. The first-order valence-corrected chi connectivity index (χ1v) is 11.9. The van der Waals surface area contributed by atoms with Crippen molar-refractivity contribution in [2.45, 2.75) is 36.6 Å². The number of hydrogen-bond acceptors (Lipinski definition) is 7. The second-order valence-electron chi connectivity index (χ2n) is 7.82. The highest BCUT2D eigenvalue weighted by molar-refractivity contribution is 8.00. The summed E-state index contributed by atoms with van der Waals surface area (Å²) in [5, 5.41) is 12.2. The van der Waals surface area contributed by atoms with Crippen LogP contribution < -0.4 is 19.7 Å². The molecule has 1 amide bonds. The van der Waals surface area contributed by atoms with Gasteiger partial charge in [0.15, 0.2) is 5.16 Å². The Morgan fingerprint density at radius 2 is 1.79 bits per heavy atom. The normalized spacial score (nSPS) is 14.6. The lowest BCUT2D eigenvalue weighted by molar-refractivity contribution is -0.115. The van der Waals surface area contributed by atoms with E-state index in [1.54, 1.807) is 32.4 Å². The van der Waals surface area contributed by atoms with Crippen molar-refractivity contribution in [3.63, 3.8) is 0 Å². The van der Waals surface area contributed by atoms with Crippen LogP contribution in [0.2, 0.25) is 0 Å². The molecule has 2 aromatic carbocycles. The van der Waals surface area contributed by atoms with E-state index < -0.39 is 5.25 Å². The lowest BCUT2D eigenvalue weighted by atomic mass is 10.1. The van der Waals surface area contributed by atoms with Gasteiger partial charge in [0.05, 0.1) is 30.8 Å². The zero-order valence-electron chi connectivity index (χ0n) is 19.2. The number of piperidine rings is 1. The number of amides is 1. The number of anilines is 2. The summed E-state index contributed by atoms with van der Waals surface area (Å²) in [4.78, 5) is 15.3. The van der Waals surface area contributed by atoms with E-state index in [0.717, 1.165) is 37.6 Å². The molecule has 8 nitrogen and oxygen atoms in total. The first-order valence-electron chi connectivity index (χ1n) is 11.1. The number of benzene rings is 2. The second kappa shape index (κ2) is 10.6. The molecule has 4 rings (SSSR count). The molecule has 1 atom stereocenters. The molecule has 1 saturated heterocycles. The number of thioether (sulfide) groups is 1. The van der Waals surface area contributed by atoms with Crippen molar-refractivity contribution in [2.24, 2.45) is 0 Å². The average molecular weight is 468 g/mol.